The van der Waals surface area contributed by atoms with Crippen LogP contribution in [-0.4, -0.2) is 12.4 Å². The summed E-state index contributed by atoms with van der Waals surface area (Å²) in [6.07, 6.45) is 0.631. The van der Waals surface area contributed by atoms with Gasteiger partial charge in [-0.25, -0.2) is 0 Å². The lowest BCUT2D eigenvalue weighted by Gasteiger charge is -2.08. The minimum absolute atomic E-state index is 0.242. The maximum atomic E-state index is 11.9. The highest BCUT2D eigenvalue weighted by molar-refractivity contribution is 7.80. The number of benzene rings is 1. The first-order chi connectivity index (χ1) is 6.24. The Kier molecular flexibility index (Phi) is 4.02. The van der Waals surface area contributed by atoms with Gasteiger partial charge in [0.2, 0.25) is 0 Å². The monoisotopic (exact) mass is 204 g/mol. The van der Waals surface area contributed by atoms with Crippen LogP contribution in [0.3, 0.4) is 0 Å². The highest BCUT2D eigenvalue weighted by atomic mass is 32.1. The van der Waals surface area contributed by atoms with Gasteiger partial charge in [-0.3, -0.25) is 0 Å². The predicted octanol–water partition coefficient (Wildman–Crippen LogP) is 2.76. The van der Waals surface area contributed by atoms with Crippen LogP contribution in [0.4, 0.5) is 8.78 Å². The van der Waals surface area contributed by atoms with Crippen LogP contribution < -0.4 is 4.74 Å². The smallest absolute Gasteiger partial charge is 0.387 e. The second kappa shape index (κ2) is 5.07. The summed E-state index contributed by atoms with van der Waals surface area (Å²) in [5.41, 5.74) is 0.762. The van der Waals surface area contributed by atoms with Gasteiger partial charge in [0.15, 0.2) is 0 Å². The summed E-state index contributed by atoms with van der Waals surface area (Å²) in [6, 6.07) is 6.75. The average Bonchev–Trinajstić information content (AvgIpc) is 2.08. The summed E-state index contributed by atoms with van der Waals surface area (Å²) in [7, 11) is 0. The predicted molar refractivity (Wildman–Crippen MR) is 50.6 cm³/mol. The van der Waals surface area contributed by atoms with E-state index in [0.717, 1.165) is 5.56 Å². The molecule has 1 aromatic rings. The third kappa shape index (κ3) is 3.22. The Bertz CT molecular complexity index is 266. The first-order valence-electron chi connectivity index (χ1n) is 3.87. The van der Waals surface area contributed by atoms with Gasteiger partial charge >= 0.3 is 6.61 Å². The molecule has 0 radical (unpaired) electrons. The van der Waals surface area contributed by atoms with Gasteiger partial charge in [-0.05, 0) is 23.8 Å². The molecule has 1 rings (SSSR count). The minimum atomic E-state index is -2.76. The Labute approximate surface area is 81.1 Å². The molecule has 0 heterocycles. The number of thiol groups is 1. The number of ether oxygens (including phenoxy) is 1. The van der Waals surface area contributed by atoms with E-state index in [2.05, 4.69) is 17.4 Å². The van der Waals surface area contributed by atoms with E-state index in [4.69, 9.17) is 0 Å². The van der Waals surface area contributed by atoms with Crippen molar-refractivity contribution in [3.05, 3.63) is 29.8 Å². The molecular formula is C9H10F2OS. The zero-order valence-corrected chi connectivity index (χ0v) is 7.81. The van der Waals surface area contributed by atoms with Gasteiger partial charge in [-0.2, -0.15) is 21.4 Å². The van der Waals surface area contributed by atoms with Gasteiger partial charge in [0.1, 0.15) is 5.75 Å². The molecule has 0 spiro atoms. The summed E-state index contributed by atoms with van der Waals surface area (Å²) >= 11 is 4.03. The zero-order chi connectivity index (χ0) is 9.68. The van der Waals surface area contributed by atoms with Crippen LogP contribution in [0.2, 0.25) is 0 Å². The molecule has 0 N–H and O–H groups in total. The topological polar surface area (TPSA) is 9.23 Å². The number of rotatable bonds is 4. The van der Waals surface area contributed by atoms with Crippen LogP contribution in [0, 0.1) is 0 Å². The van der Waals surface area contributed by atoms with Crippen molar-refractivity contribution in [3.63, 3.8) is 0 Å². The van der Waals surface area contributed by atoms with Crippen LogP contribution in [0.1, 0.15) is 5.56 Å². The Balaban J connectivity index is 2.78. The van der Waals surface area contributed by atoms with Crippen LogP contribution >= 0.6 is 12.6 Å². The van der Waals surface area contributed by atoms with E-state index in [1.54, 1.807) is 18.2 Å². The molecule has 0 saturated heterocycles. The number of halogens is 2. The van der Waals surface area contributed by atoms with Crippen LogP contribution in [-0.2, 0) is 6.42 Å². The second-order valence-corrected chi connectivity index (χ2v) is 2.91. The molecule has 0 aliphatic carbocycles. The SMILES string of the molecule is FC(F)Oc1ccccc1CCS. The lowest BCUT2D eigenvalue weighted by Crippen LogP contribution is -2.04. The fourth-order valence-electron chi connectivity index (χ4n) is 1.04. The molecule has 1 aromatic carbocycles. The second-order valence-electron chi connectivity index (χ2n) is 2.46. The number of alkyl halides is 2. The zero-order valence-electron chi connectivity index (χ0n) is 6.91. The first-order valence-corrected chi connectivity index (χ1v) is 4.51. The number of hydrogen-bond acceptors (Lipinski definition) is 2. The summed E-state index contributed by atoms with van der Waals surface area (Å²) in [5.74, 6) is 0.857. The third-order valence-corrected chi connectivity index (χ3v) is 1.79. The molecule has 0 unspecified atom stereocenters. The highest BCUT2D eigenvalue weighted by Gasteiger charge is 2.07. The average molecular weight is 204 g/mol. The molecule has 0 aliphatic heterocycles. The van der Waals surface area contributed by atoms with Gasteiger partial charge in [-0.1, -0.05) is 18.2 Å². The molecule has 4 heteroatoms. The molecule has 0 aromatic heterocycles. The summed E-state index contributed by atoms with van der Waals surface area (Å²) in [4.78, 5) is 0. The van der Waals surface area contributed by atoms with E-state index in [-0.39, 0.29) is 5.75 Å². The quantitative estimate of drug-likeness (QED) is 0.742. The Morgan fingerprint density at radius 2 is 2.00 bits per heavy atom. The van der Waals surface area contributed by atoms with Crippen molar-refractivity contribution in [3.8, 4) is 5.75 Å². The molecule has 0 fully saturated rings. The van der Waals surface area contributed by atoms with E-state index in [0.29, 0.717) is 12.2 Å². The fourth-order valence-corrected chi connectivity index (χ4v) is 1.28. The molecular weight excluding hydrogens is 194 g/mol. The molecule has 1 nitrogen and oxygen atoms in total. The summed E-state index contributed by atoms with van der Waals surface area (Å²) in [6.45, 7) is -2.76. The van der Waals surface area contributed by atoms with Crippen molar-refractivity contribution < 1.29 is 13.5 Å². The maximum absolute atomic E-state index is 11.9. The Morgan fingerprint density at radius 3 is 2.62 bits per heavy atom. The third-order valence-electron chi connectivity index (χ3n) is 1.57. The normalized spacial score (nSPS) is 10.5. The lowest BCUT2D eigenvalue weighted by atomic mass is 10.1. The minimum Gasteiger partial charge on any atom is -0.435 e. The standard InChI is InChI=1S/C9H10F2OS/c10-9(11)12-8-4-2-1-3-7(8)5-6-13/h1-4,9,13H,5-6H2. The molecule has 0 bridgehead atoms. The van der Waals surface area contributed by atoms with Crippen molar-refractivity contribution in [1.82, 2.24) is 0 Å². The lowest BCUT2D eigenvalue weighted by molar-refractivity contribution is -0.0504. The fraction of sp³-hybridized carbons (Fsp3) is 0.333. The number of aryl methyl sites for hydroxylation is 1. The van der Waals surface area contributed by atoms with Crippen LogP contribution in [0.5, 0.6) is 5.75 Å². The van der Waals surface area contributed by atoms with E-state index in [9.17, 15) is 8.78 Å². The van der Waals surface area contributed by atoms with Crippen molar-refractivity contribution in [2.75, 3.05) is 5.75 Å². The van der Waals surface area contributed by atoms with Crippen molar-refractivity contribution >= 4 is 12.6 Å². The van der Waals surface area contributed by atoms with Gasteiger partial charge in [0.25, 0.3) is 0 Å². The van der Waals surface area contributed by atoms with Gasteiger partial charge in [0.05, 0.1) is 0 Å². The van der Waals surface area contributed by atoms with Crippen LogP contribution in [0.15, 0.2) is 24.3 Å². The van der Waals surface area contributed by atoms with E-state index < -0.39 is 6.61 Å². The Morgan fingerprint density at radius 1 is 1.31 bits per heavy atom. The number of hydrogen-bond donors (Lipinski definition) is 1. The van der Waals surface area contributed by atoms with E-state index >= 15 is 0 Å². The van der Waals surface area contributed by atoms with Gasteiger partial charge in [0, 0.05) is 0 Å². The number of para-hydroxylation sites is 1. The van der Waals surface area contributed by atoms with Crippen molar-refractivity contribution in [1.29, 1.82) is 0 Å². The molecule has 0 saturated carbocycles. The molecule has 0 aliphatic rings. The molecule has 0 amide bonds. The molecule has 13 heavy (non-hydrogen) atoms. The largest absolute Gasteiger partial charge is 0.435 e. The van der Waals surface area contributed by atoms with Gasteiger partial charge in [-0.15, -0.1) is 0 Å². The highest BCUT2D eigenvalue weighted by Crippen LogP contribution is 2.20. The Hall–Kier alpha value is -0.770. The van der Waals surface area contributed by atoms with Crippen molar-refractivity contribution in [2.45, 2.75) is 13.0 Å². The maximum Gasteiger partial charge on any atom is 0.387 e. The van der Waals surface area contributed by atoms with Crippen molar-refractivity contribution in [2.24, 2.45) is 0 Å². The molecule has 0 atom stereocenters. The summed E-state index contributed by atoms with van der Waals surface area (Å²) in [5, 5.41) is 0. The van der Waals surface area contributed by atoms with E-state index in [1.807, 2.05) is 0 Å². The van der Waals surface area contributed by atoms with Gasteiger partial charge < -0.3 is 4.74 Å². The van der Waals surface area contributed by atoms with Crippen LogP contribution in [0.25, 0.3) is 0 Å². The first kappa shape index (κ1) is 10.3. The summed E-state index contributed by atoms with van der Waals surface area (Å²) < 4.78 is 28.1. The molecule has 72 valence electrons. The van der Waals surface area contributed by atoms with E-state index in [1.165, 1.54) is 6.07 Å².